The molecule has 0 saturated heterocycles. The second kappa shape index (κ2) is 5.30. The Labute approximate surface area is 106 Å². The fourth-order valence-electron chi connectivity index (χ4n) is 1.83. The van der Waals surface area contributed by atoms with Gasteiger partial charge >= 0.3 is 0 Å². The molecule has 1 atom stereocenters. The van der Waals surface area contributed by atoms with Gasteiger partial charge in [0.1, 0.15) is 6.04 Å². The molecule has 2 N–H and O–H groups in total. The lowest BCUT2D eigenvalue weighted by Crippen LogP contribution is -2.18. The van der Waals surface area contributed by atoms with Gasteiger partial charge < -0.3 is 14.8 Å². The zero-order chi connectivity index (χ0) is 13.1. The summed E-state index contributed by atoms with van der Waals surface area (Å²) in [6.45, 7) is 6.23. The van der Waals surface area contributed by atoms with Crippen LogP contribution in [-0.4, -0.2) is 19.7 Å². The molecule has 98 valence electrons. The fraction of sp³-hybridized carbons (Fsp3) is 0.583. The van der Waals surface area contributed by atoms with Gasteiger partial charge in [-0.2, -0.15) is 4.98 Å². The molecule has 0 aliphatic heterocycles. The standard InChI is InChI=1S/C12H19N5O/c1-4-5-10-15-12(16-18-10)11(13)9-6-14-7-17(9)8(2)3/h6-8,11H,4-5,13H2,1-3H3. The van der Waals surface area contributed by atoms with Crippen molar-refractivity contribution in [2.75, 3.05) is 0 Å². The third kappa shape index (κ3) is 2.43. The van der Waals surface area contributed by atoms with Crippen molar-refractivity contribution < 1.29 is 4.52 Å². The van der Waals surface area contributed by atoms with E-state index in [1.54, 1.807) is 12.5 Å². The van der Waals surface area contributed by atoms with Crippen molar-refractivity contribution in [2.24, 2.45) is 5.73 Å². The van der Waals surface area contributed by atoms with E-state index in [9.17, 15) is 0 Å². The van der Waals surface area contributed by atoms with Crippen molar-refractivity contribution >= 4 is 0 Å². The van der Waals surface area contributed by atoms with E-state index in [0.717, 1.165) is 18.5 Å². The molecule has 0 bridgehead atoms. The van der Waals surface area contributed by atoms with Crippen LogP contribution in [0.5, 0.6) is 0 Å². The third-order valence-electron chi connectivity index (χ3n) is 2.80. The first-order valence-corrected chi connectivity index (χ1v) is 6.23. The quantitative estimate of drug-likeness (QED) is 0.874. The second-order valence-corrected chi connectivity index (χ2v) is 4.59. The van der Waals surface area contributed by atoms with Gasteiger partial charge in [0, 0.05) is 12.5 Å². The Kier molecular flexibility index (Phi) is 3.76. The van der Waals surface area contributed by atoms with Crippen molar-refractivity contribution in [1.29, 1.82) is 0 Å². The monoisotopic (exact) mass is 249 g/mol. The highest BCUT2D eigenvalue weighted by Crippen LogP contribution is 2.20. The molecular formula is C12H19N5O. The van der Waals surface area contributed by atoms with Crippen LogP contribution in [0.15, 0.2) is 17.0 Å². The number of imidazole rings is 1. The summed E-state index contributed by atoms with van der Waals surface area (Å²) >= 11 is 0. The zero-order valence-corrected chi connectivity index (χ0v) is 11.0. The average Bonchev–Trinajstić information content (AvgIpc) is 2.96. The van der Waals surface area contributed by atoms with Crippen LogP contribution < -0.4 is 5.73 Å². The van der Waals surface area contributed by atoms with Crippen LogP contribution in [0.2, 0.25) is 0 Å². The summed E-state index contributed by atoms with van der Waals surface area (Å²) in [5, 5.41) is 3.94. The van der Waals surface area contributed by atoms with Crippen molar-refractivity contribution in [3.63, 3.8) is 0 Å². The van der Waals surface area contributed by atoms with E-state index in [0.29, 0.717) is 17.8 Å². The number of nitrogens with zero attached hydrogens (tertiary/aromatic N) is 4. The summed E-state index contributed by atoms with van der Waals surface area (Å²) in [7, 11) is 0. The topological polar surface area (TPSA) is 82.8 Å². The van der Waals surface area contributed by atoms with Crippen LogP contribution in [0, 0.1) is 0 Å². The SMILES string of the molecule is CCCc1nc(C(N)c2cncn2C(C)C)no1. The van der Waals surface area contributed by atoms with Gasteiger partial charge in [0.2, 0.25) is 5.89 Å². The molecular weight excluding hydrogens is 230 g/mol. The first-order valence-electron chi connectivity index (χ1n) is 6.23. The molecule has 1 unspecified atom stereocenters. The van der Waals surface area contributed by atoms with Gasteiger partial charge in [-0.1, -0.05) is 12.1 Å². The largest absolute Gasteiger partial charge is 0.339 e. The molecule has 0 aliphatic carbocycles. The van der Waals surface area contributed by atoms with Gasteiger partial charge in [0.25, 0.3) is 0 Å². The molecule has 0 aliphatic rings. The smallest absolute Gasteiger partial charge is 0.226 e. The van der Waals surface area contributed by atoms with Crippen LogP contribution >= 0.6 is 0 Å². The number of hydrogen-bond acceptors (Lipinski definition) is 5. The maximum Gasteiger partial charge on any atom is 0.226 e. The molecule has 0 saturated carbocycles. The lowest BCUT2D eigenvalue weighted by atomic mass is 10.2. The Morgan fingerprint density at radius 2 is 2.22 bits per heavy atom. The molecule has 18 heavy (non-hydrogen) atoms. The summed E-state index contributed by atoms with van der Waals surface area (Å²) < 4.78 is 7.17. The summed E-state index contributed by atoms with van der Waals surface area (Å²) in [5.41, 5.74) is 7.06. The predicted molar refractivity (Wildman–Crippen MR) is 66.9 cm³/mol. The van der Waals surface area contributed by atoms with Crippen LogP contribution in [0.3, 0.4) is 0 Å². The van der Waals surface area contributed by atoms with E-state index in [1.807, 2.05) is 4.57 Å². The molecule has 0 radical (unpaired) electrons. The van der Waals surface area contributed by atoms with E-state index in [2.05, 4.69) is 35.9 Å². The second-order valence-electron chi connectivity index (χ2n) is 4.59. The maximum atomic E-state index is 6.16. The Bertz CT molecular complexity index is 502. The predicted octanol–water partition coefficient (Wildman–Crippen LogP) is 1.85. The summed E-state index contributed by atoms with van der Waals surface area (Å²) in [4.78, 5) is 8.44. The van der Waals surface area contributed by atoms with Crippen molar-refractivity contribution in [3.8, 4) is 0 Å². The van der Waals surface area contributed by atoms with Crippen molar-refractivity contribution in [2.45, 2.75) is 45.7 Å². The zero-order valence-electron chi connectivity index (χ0n) is 11.0. The van der Waals surface area contributed by atoms with Gasteiger partial charge in [-0.15, -0.1) is 0 Å². The number of aryl methyl sites for hydroxylation is 1. The molecule has 2 aromatic heterocycles. The van der Waals surface area contributed by atoms with Gasteiger partial charge in [-0.25, -0.2) is 4.98 Å². The van der Waals surface area contributed by atoms with Crippen molar-refractivity contribution in [1.82, 2.24) is 19.7 Å². The summed E-state index contributed by atoms with van der Waals surface area (Å²) in [6.07, 6.45) is 5.28. The molecule has 0 fully saturated rings. The highest BCUT2D eigenvalue weighted by atomic mass is 16.5. The maximum absolute atomic E-state index is 6.16. The average molecular weight is 249 g/mol. The minimum absolute atomic E-state index is 0.301. The van der Waals surface area contributed by atoms with E-state index in [-0.39, 0.29) is 0 Å². The van der Waals surface area contributed by atoms with Gasteiger partial charge in [0.15, 0.2) is 5.82 Å². The molecule has 0 aromatic carbocycles. The molecule has 0 spiro atoms. The summed E-state index contributed by atoms with van der Waals surface area (Å²) in [5.74, 6) is 1.15. The Balaban J connectivity index is 2.24. The first kappa shape index (κ1) is 12.8. The first-order chi connectivity index (χ1) is 8.63. The van der Waals surface area contributed by atoms with Crippen LogP contribution in [0.4, 0.5) is 0 Å². The number of aromatic nitrogens is 4. The Morgan fingerprint density at radius 3 is 2.89 bits per heavy atom. The molecule has 6 nitrogen and oxygen atoms in total. The van der Waals surface area contributed by atoms with E-state index in [4.69, 9.17) is 10.3 Å². The molecule has 2 heterocycles. The number of rotatable bonds is 5. The Morgan fingerprint density at radius 1 is 1.44 bits per heavy atom. The number of nitrogens with two attached hydrogens (primary N) is 1. The molecule has 2 rings (SSSR count). The summed E-state index contributed by atoms with van der Waals surface area (Å²) in [6, 6.07) is -0.0974. The number of hydrogen-bond donors (Lipinski definition) is 1. The minimum atomic E-state index is -0.399. The molecule has 2 aromatic rings. The van der Waals surface area contributed by atoms with Gasteiger partial charge in [-0.3, -0.25) is 0 Å². The lowest BCUT2D eigenvalue weighted by molar-refractivity contribution is 0.369. The minimum Gasteiger partial charge on any atom is -0.339 e. The Hall–Kier alpha value is -1.69. The highest BCUT2D eigenvalue weighted by Gasteiger charge is 2.20. The van der Waals surface area contributed by atoms with E-state index >= 15 is 0 Å². The molecule has 6 heteroatoms. The van der Waals surface area contributed by atoms with Crippen molar-refractivity contribution in [3.05, 3.63) is 29.9 Å². The fourth-order valence-corrected chi connectivity index (χ4v) is 1.83. The van der Waals surface area contributed by atoms with Crippen LogP contribution in [0.25, 0.3) is 0 Å². The van der Waals surface area contributed by atoms with Crippen LogP contribution in [-0.2, 0) is 6.42 Å². The highest BCUT2D eigenvalue weighted by molar-refractivity contribution is 5.14. The van der Waals surface area contributed by atoms with E-state index in [1.165, 1.54) is 0 Å². The lowest BCUT2D eigenvalue weighted by Gasteiger charge is -2.14. The van der Waals surface area contributed by atoms with Gasteiger partial charge in [0.05, 0.1) is 18.2 Å². The normalized spacial score (nSPS) is 13.2. The molecule has 0 amide bonds. The van der Waals surface area contributed by atoms with Crippen LogP contribution in [0.1, 0.15) is 56.7 Å². The van der Waals surface area contributed by atoms with Gasteiger partial charge in [-0.05, 0) is 20.3 Å². The van der Waals surface area contributed by atoms with E-state index < -0.39 is 6.04 Å². The third-order valence-corrected chi connectivity index (χ3v) is 2.80.